The van der Waals surface area contributed by atoms with Gasteiger partial charge in [0.15, 0.2) is 0 Å². The Labute approximate surface area is 193 Å². The summed E-state index contributed by atoms with van der Waals surface area (Å²) in [6.45, 7) is 2.53. The van der Waals surface area contributed by atoms with E-state index >= 15 is 0 Å². The maximum Gasteiger partial charge on any atom is 0.407 e. The molecule has 1 saturated heterocycles. The van der Waals surface area contributed by atoms with E-state index in [-0.39, 0.29) is 24.9 Å². The number of carbonyl (C=O) groups is 3. The zero-order chi connectivity index (χ0) is 23.4. The minimum atomic E-state index is -0.972. The number of likely N-dealkylation sites (tertiary alicyclic amines) is 1. The minimum absolute atomic E-state index is 0.0328. The first-order chi connectivity index (χ1) is 16.0. The monoisotopic (exact) mass is 450 g/mol. The first-order valence-corrected chi connectivity index (χ1v) is 11.6. The van der Waals surface area contributed by atoms with Crippen LogP contribution in [0.3, 0.4) is 0 Å². The number of nitrogens with one attached hydrogen (secondary N) is 1. The summed E-state index contributed by atoms with van der Waals surface area (Å²) in [5.74, 6) is -1.25. The van der Waals surface area contributed by atoms with Crippen LogP contribution in [-0.4, -0.2) is 53.2 Å². The van der Waals surface area contributed by atoms with Gasteiger partial charge in [0.2, 0.25) is 5.91 Å². The van der Waals surface area contributed by atoms with Crippen molar-refractivity contribution in [2.24, 2.45) is 0 Å². The standard InChI is InChI=1S/C26H30N2O5/c1-2-17(15-24(29)28-14-8-7-13-23(28)25(30)31)27-26(32)33-16-22-20-11-5-3-9-18(20)19-10-4-6-12-21(19)22/h3-6,9-12,17,22-23H,2,7-8,13-16H2,1H3,(H,27,32)(H,30,31)/t17?,23-/m1/s1. The van der Waals surface area contributed by atoms with E-state index in [0.717, 1.165) is 35.1 Å². The van der Waals surface area contributed by atoms with Crippen LogP contribution in [0.2, 0.25) is 0 Å². The number of piperidine rings is 1. The highest BCUT2D eigenvalue weighted by Crippen LogP contribution is 2.44. The average molecular weight is 451 g/mol. The Morgan fingerprint density at radius 3 is 2.30 bits per heavy atom. The van der Waals surface area contributed by atoms with Crippen LogP contribution in [0.4, 0.5) is 4.79 Å². The molecule has 0 bridgehead atoms. The number of ether oxygens (including phenoxy) is 1. The van der Waals surface area contributed by atoms with E-state index in [0.29, 0.717) is 19.4 Å². The van der Waals surface area contributed by atoms with Gasteiger partial charge in [0.05, 0.1) is 0 Å². The van der Waals surface area contributed by atoms with Gasteiger partial charge >= 0.3 is 12.1 Å². The molecule has 4 rings (SSSR count). The maximum absolute atomic E-state index is 12.8. The number of aliphatic carboxylic acids is 1. The zero-order valence-electron chi connectivity index (χ0n) is 18.8. The molecule has 2 atom stereocenters. The van der Waals surface area contributed by atoms with Crippen molar-refractivity contribution in [2.75, 3.05) is 13.2 Å². The van der Waals surface area contributed by atoms with Gasteiger partial charge in [-0.2, -0.15) is 0 Å². The predicted molar refractivity (Wildman–Crippen MR) is 124 cm³/mol. The highest BCUT2D eigenvalue weighted by Gasteiger charge is 2.33. The molecule has 2 aromatic carbocycles. The fraction of sp³-hybridized carbons (Fsp3) is 0.423. The van der Waals surface area contributed by atoms with Crippen LogP contribution < -0.4 is 5.32 Å². The number of fused-ring (bicyclic) bond motifs is 3. The lowest BCUT2D eigenvalue weighted by molar-refractivity contribution is -0.152. The van der Waals surface area contributed by atoms with Crippen molar-refractivity contribution in [2.45, 2.75) is 57.0 Å². The molecular formula is C26H30N2O5. The molecule has 2 aliphatic rings. The first-order valence-electron chi connectivity index (χ1n) is 11.6. The molecule has 0 radical (unpaired) electrons. The van der Waals surface area contributed by atoms with Crippen LogP contribution in [0.25, 0.3) is 11.1 Å². The Hall–Kier alpha value is -3.35. The highest BCUT2D eigenvalue weighted by atomic mass is 16.5. The SMILES string of the molecule is CCC(CC(=O)N1CCCC[C@@H]1C(=O)O)NC(=O)OCC1c2ccccc2-c2ccccc21. The van der Waals surface area contributed by atoms with E-state index in [1.807, 2.05) is 31.2 Å². The molecule has 174 valence electrons. The lowest BCUT2D eigenvalue weighted by Gasteiger charge is -2.34. The second-order valence-electron chi connectivity index (χ2n) is 8.72. The smallest absolute Gasteiger partial charge is 0.407 e. The largest absolute Gasteiger partial charge is 0.480 e. The molecule has 2 aromatic rings. The Balaban J connectivity index is 1.35. The third-order valence-electron chi connectivity index (χ3n) is 6.69. The van der Waals surface area contributed by atoms with Crippen molar-refractivity contribution in [3.8, 4) is 11.1 Å². The highest BCUT2D eigenvalue weighted by molar-refractivity contribution is 5.84. The Kier molecular flexibility index (Phi) is 6.96. The van der Waals surface area contributed by atoms with Gasteiger partial charge in [0.25, 0.3) is 0 Å². The van der Waals surface area contributed by atoms with Gasteiger partial charge in [0, 0.05) is 24.9 Å². The molecule has 1 aliphatic carbocycles. The summed E-state index contributed by atoms with van der Waals surface area (Å²) in [4.78, 5) is 38.3. The Morgan fingerprint density at radius 2 is 1.70 bits per heavy atom. The van der Waals surface area contributed by atoms with Crippen LogP contribution in [0, 0.1) is 0 Å². The number of rotatable bonds is 7. The summed E-state index contributed by atoms with van der Waals surface area (Å²) in [6, 6.07) is 15.1. The van der Waals surface area contributed by atoms with Crippen molar-refractivity contribution in [1.29, 1.82) is 0 Å². The van der Waals surface area contributed by atoms with Crippen LogP contribution >= 0.6 is 0 Å². The predicted octanol–water partition coefficient (Wildman–Crippen LogP) is 4.16. The van der Waals surface area contributed by atoms with Gasteiger partial charge < -0.3 is 20.1 Å². The van der Waals surface area contributed by atoms with Gasteiger partial charge in [0.1, 0.15) is 12.6 Å². The lowest BCUT2D eigenvalue weighted by atomic mass is 9.98. The van der Waals surface area contributed by atoms with Crippen molar-refractivity contribution in [3.05, 3.63) is 59.7 Å². The van der Waals surface area contributed by atoms with E-state index in [1.165, 1.54) is 4.90 Å². The number of nitrogens with zero attached hydrogens (tertiary/aromatic N) is 1. The number of alkyl carbamates (subject to hydrolysis) is 1. The topological polar surface area (TPSA) is 95.9 Å². The fourth-order valence-corrected chi connectivity index (χ4v) is 4.92. The molecule has 0 aromatic heterocycles. The summed E-state index contributed by atoms with van der Waals surface area (Å²) in [7, 11) is 0. The van der Waals surface area contributed by atoms with Gasteiger partial charge in [-0.1, -0.05) is 55.5 Å². The zero-order valence-corrected chi connectivity index (χ0v) is 18.8. The van der Waals surface area contributed by atoms with Crippen molar-refractivity contribution < 1.29 is 24.2 Å². The second kappa shape index (κ2) is 10.1. The number of carboxylic acid groups (broad SMARTS) is 1. The van der Waals surface area contributed by atoms with E-state index in [9.17, 15) is 19.5 Å². The van der Waals surface area contributed by atoms with Gasteiger partial charge in [-0.05, 0) is 47.9 Å². The molecule has 7 nitrogen and oxygen atoms in total. The normalized spacial score (nSPS) is 18.2. The van der Waals surface area contributed by atoms with Crippen molar-refractivity contribution >= 4 is 18.0 Å². The van der Waals surface area contributed by atoms with Crippen LogP contribution in [0.15, 0.2) is 48.5 Å². The quantitative estimate of drug-likeness (QED) is 0.660. The molecule has 7 heteroatoms. The number of benzene rings is 2. The van der Waals surface area contributed by atoms with Gasteiger partial charge in [-0.15, -0.1) is 0 Å². The molecule has 1 heterocycles. The van der Waals surface area contributed by atoms with Crippen LogP contribution in [0.5, 0.6) is 0 Å². The summed E-state index contributed by atoms with van der Waals surface area (Å²) in [5, 5.41) is 12.2. The Morgan fingerprint density at radius 1 is 1.06 bits per heavy atom. The maximum atomic E-state index is 12.8. The third-order valence-corrected chi connectivity index (χ3v) is 6.69. The van der Waals surface area contributed by atoms with E-state index in [2.05, 4.69) is 29.6 Å². The minimum Gasteiger partial charge on any atom is -0.480 e. The fourth-order valence-electron chi connectivity index (χ4n) is 4.92. The van der Waals surface area contributed by atoms with Crippen LogP contribution in [-0.2, 0) is 14.3 Å². The molecule has 2 amide bonds. The second-order valence-corrected chi connectivity index (χ2v) is 8.72. The molecule has 1 unspecified atom stereocenters. The summed E-state index contributed by atoms with van der Waals surface area (Å²) >= 11 is 0. The molecule has 0 spiro atoms. The van der Waals surface area contributed by atoms with Gasteiger partial charge in [-0.3, -0.25) is 4.79 Å². The molecule has 1 aliphatic heterocycles. The average Bonchev–Trinajstić information content (AvgIpc) is 3.16. The van der Waals surface area contributed by atoms with E-state index < -0.39 is 24.1 Å². The molecule has 33 heavy (non-hydrogen) atoms. The molecule has 1 fully saturated rings. The van der Waals surface area contributed by atoms with Crippen LogP contribution in [0.1, 0.15) is 56.1 Å². The van der Waals surface area contributed by atoms with Crippen molar-refractivity contribution in [1.82, 2.24) is 10.2 Å². The summed E-state index contributed by atoms with van der Waals surface area (Å²) < 4.78 is 5.59. The molecule has 0 saturated carbocycles. The number of carboxylic acids is 1. The molecule has 2 N–H and O–H groups in total. The van der Waals surface area contributed by atoms with E-state index in [1.54, 1.807) is 0 Å². The summed E-state index contributed by atoms with van der Waals surface area (Å²) in [6.07, 6.45) is 2.11. The summed E-state index contributed by atoms with van der Waals surface area (Å²) in [5.41, 5.74) is 4.60. The number of carbonyl (C=O) groups excluding carboxylic acids is 2. The lowest BCUT2D eigenvalue weighted by Crippen LogP contribution is -2.50. The molecular weight excluding hydrogens is 420 g/mol. The number of hydrogen-bond donors (Lipinski definition) is 2. The van der Waals surface area contributed by atoms with Gasteiger partial charge in [-0.25, -0.2) is 9.59 Å². The first kappa shape index (κ1) is 22.8. The number of amides is 2. The van der Waals surface area contributed by atoms with E-state index in [4.69, 9.17) is 4.74 Å². The van der Waals surface area contributed by atoms with Crippen molar-refractivity contribution in [3.63, 3.8) is 0 Å². The third kappa shape index (κ3) is 4.87. The Bertz CT molecular complexity index is 991. The number of hydrogen-bond acceptors (Lipinski definition) is 4.